The highest BCUT2D eigenvalue weighted by Gasteiger charge is 2.61. The van der Waals surface area contributed by atoms with Crippen LogP contribution in [0.3, 0.4) is 0 Å². The fourth-order valence-corrected chi connectivity index (χ4v) is 3.52. The molecule has 0 aromatic heterocycles. The van der Waals surface area contributed by atoms with Gasteiger partial charge in [-0.15, -0.1) is 0 Å². The average molecular weight is 287 g/mol. The number of hydrogen-bond acceptors (Lipinski definition) is 4. The third-order valence-corrected chi connectivity index (χ3v) is 4.73. The first kappa shape index (κ1) is 13.9. The molecule has 0 unspecified atom stereocenters. The molecule has 2 aliphatic rings. The number of carbonyl (C=O) groups excluding carboxylic acids is 3. The zero-order valence-electron chi connectivity index (χ0n) is 11.7. The summed E-state index contributed by atoms with van der Waals surface area (Å²) in [6, 6.07) is 7.77. The normalized spacial score (nSPS) is 35.2. The first-order valence-corrected chi connectivity index (χ1v) is 7.10. The first-order valence-electron chi connectivity index (χ1n) is 7.10. The Balaban J connectivity index is 1.98. The summed E-state index contributed by atoms with van der Waals surface area (Å²) in [7, 11) is 0. The molecule has 0 spiro atoms. The van der Waals surface area contributed by atoms with Gasteiger partial charge in [-0.1, -0.05) is 37.3 Å². The van der Waals surface area contributed by atoms with E-state index < -0.39 is 29.4 Å². The van der Waals surface area contributed by atoms with Crippen LogP contribution >= 0.6 is 0 Å². The minimum Gasteiger partial charge on any atom is -0.380 e. The van der Waals surface area contributed by atoms with Crippen molar-refractivity contribution in [1.29, 1.82) is 0 Å². The predicted octanol–water partition coefficient (Wildman–Crippen LogP) is 0.714. The van der Waals surface area contributed by atoms with Gasteiger partial charge in [-0.2, -0.15) is 0 Å². The second-order valence-electron chi connectivity index (χ2n) is 5.89. The lowest BCUT2D eigenvalue weighted by atomic mass is 9.67. The number of carbonyl (C=O) groups is 3. The van der Waals surface area contributed by atoms with Crippen molar-refractivity contribution in [2.75, 3.05) is 0 Å². The fourth-order valence-electron chi connectivity index (χ4n) is 3.52. The SMILES string of the molecule is C[C@@H]1C(=O)CC[C@]2(O)C(=O)N[C@H](C(=O)c3ccccc3)[C@H]12. The lowest BCUT2D eigenvalue weighted by Gasteiger charge is -2.37. The molecule has 4 atom stereocenters. The molecule has 2 fully saturated rings. The molecule has 2 N–H and O–H groups in total. The molecule has 0 bridgehead atoms. The van der Waals surface area contributed by atoms with Crippen LogP contribution in [0.1, 0.15) is 30.1 Å². The lowest BCUT2D eigenvalue weighted by Crippen LogP contribution is -2.52. The Bertz CT molecular complexity index is 612. The summed E-state index contributed by atoms with van der Waals surface area (Å²) in [5.74, 6) is -2.01. The van der Waals surface area contributed by atoms with Crippen LogP contribution in [-0.2, 0) is 9.59 Å². The Morgan fingerprint density at radius 3 is 2.62 bits per heavy atom. The summed E-state index contributed by atoms with van der Waals surface area (Å²) in [5, 5.41) is 13.2. The van der Waals surface area contributed by atoms with Gasteiger partial charge in [-0.05, 0) is 6.42 Å². The molecule has 1 aliphatic carbocycles. The summed E-state index contributed by atoms with van der Waals surface area (Å²) < 4.78 is 0. The van der Waals surface area contributed by atoms with Crippen LogP contribution < -0.4 is 5.32 Å². The largest absolute Gasteiger partial charge is 0.380 e. The molecule has 1 aliphatic heterocycles. The zero-order valence-corrected chi connectivity index (χ0v) is 11.7. The number of ketones is 2. The Hall–Kier alpha value is -2.01. The molecular formula is C16H17NO4. The standard InChI is InChI=1S/C16H17NO4/c1-9-11(18)7-8-16(21)12(9)13(17-15(16)20)14(19)10-5-3-2-4-6-10/h2-6,9,12-13,21H,7-8H2,1H3,(H,17,20)/t9-,12+,13+,16-/m1/s1. The van der Waals surface area contributed by atoms with Crippen LogP contribution in [0.15, 0.2) is 30.3 Å². The predicted molar refractivity (Wildman–Crippen MR) is 74.5 cm³/mol. The number of amides is 1. The number of nitrogens with one attached hydrogen (secondary N) is 1. The lowest BCUT2D eigenvalue weighted by molar-refractivity contribution is -0.149. The summed E-state index contributed by atoms with van der Waals surface area (Å²) in [6.07, 6.45) is 0.263. The van der Waals surface area contributed by atoms with Crippen molar-refractivity contribution in [3.8, 4) is 0 Å². The Kier molecular flexibility index (Phi) is 3.17. The van der Waals surface area contributed by atoms with E-state index in [1.54, 1.807) is 37.3 Å². The Labute approximate surface area is 122 Å². The van der Waals surface area contributed by atoms with Gasteiger partial charge in [-0.25, -0.2) is 0 Å². The minimum atomic E-state index is -1.61. The molecule has 1 saturated carbocycles. The van der Waals surface area contributed by atoms with Gasteiger partial charge in [0.05, 0.1) is 6.04 Å². The molecule has 110 valence electrons. The third kappa shape index (κ3) is 2.00. The van der Waals surface area contributed by atoms with Crippen molar-refractivity contribution in [3.05, 3.63) is 35.9 Å². The molecule has 1 amide bonds. The maximum atomic E-state index is 12.6. The van der Waals surface area contributed by atoms with Crippen molar-refractivity contribution < 1.29 is 19.5 Å². The first-order chi connectivity index (χ1) is 9.95. The summed E-state index contributed by atoms with van der Waals surface area (Å²) in [4.78, 5) is 36.6. The number of aliphatic hydroxyl groups is 1. The van der Waals surface area contributed by atoms with Gasteiger partial charge in [0, 0.05) is 23.8 Å². The van der Waals surface area contributed by atoms with Gasteiger partial charge in [-0.3, -0.25) is 14.4 Å². The molecule has 1 aromatic rings. The van der Waals surface area contributed by atoms with Crippen LogP contribution in [0, 0.1) is 11.8 Å². The molecule has 1 aromatic carbocycles. The molecule has 5 heteroatoms. The van der Waals surface area contributed by atoms with Gasteiger partial charge in [0.15, 0.2) is 5.78 Å². The quantitative estimate of drug-likeness (QED) is 0.785. The van der Waals surface area contributed by atoms with Crippen molar-refractivity contribution in [1.82, 2.24) is 5.32 Å². The van der Waals surface area contributed by atoms with Crippen LogP contribution in [0.2, 0.25) is 0 Å². The number of rotatable bonds is 2. The highest BCUT2D eigenvalue weighted by molar-refractivity contribution is 6.06. The van der Waals surface area contributed by atoms with Gasteiger partial charge in [0.25, 0.3) is 5.91 Å². The zero-order chi connectivity index (χ0) is 15.2. The van der Waals surface area contributed by atoms with Gasteiger partial charge in [0.1, 0.15) is 11.4 Å². The number of benzene rings is 1. The van der Waals surface area contributed by atoms with Crippen LogP contribution in [0.5, 0.6) is 0 Å². The summed E-state index contributed by atoms with van der Waals surface area (Å²) in [5.41, 5.74) is -1.14. The van der Waals surface area contributed by atoms with Crippen molar-refractivity contribution in [2.45, 2.75) is 31.4 Å². The third-order valence-electron chi connectivity index (χ3n) is 4.73. The van der Waals surface area contributed by atoms with Gasteiger partial charge >= 0.3 is 0 Å². The molecule has 1 heterocycles. The van der Waals surface area contributed by atoms with E-state index in [1.165, 1.54) is 0 Å². The topological polar surface area (TPSA) is 83.5 Å². The highest BCUT2D eigenvalue weighted by atomic mass is 16.3. The maximum Gasteiger partial charge on any atom is 0.252 e. The summed E-state index contributed by atoms with van der Waals surface area (Å²) >= 11 is 0. The van der Waals surface area contributed by atoms with E-state index in [-0.39, 0.29) is 24.4 Å². The minimum absolute atomic E-state index is 0.00737. The number of Topliss-reactive ketones (excluding diaryl/α,β-unsaturated/α-hetero) is 2. The number of hydrogen-bond donors (Lipinski definition) is 2. The second-order valence-corrected chi connectivity index (χ2v) is 5.89. The monoisotopic (exact) mass is 287 g/mol. The number of fused-ring (bicyclic) bond motifs is 1. The Morgan fingerprint density at radius 1 is 1.29 bits per heavy atom. The average Bonchev–Trinajstić information content (AvgIpc) is 2.76. The van der Waals surface area contributed by atoms with E-state index in [9.17, 15) is 19.5 Å². The molecule has 21 heavy (non-hydrogen) atoms. The van der Waals surface area contributed by atoms with Crippen molar-refractivity contribution >= 4 is 17.5 Å². The van der Waals surface area contributed by atoms with Crippen LogP contribution in [-0.4, -0.2) is 34.2 Å². The van der Waals surface area contributed by atoms with E-state index in [4.69, 9.17) is 0 Å². The highest BCUT2D eigenvalue weighted by Crippen LogP contribution is 2.43. The fraction of sp³-hybridized carbons (Fsp3) is 0.438. The molecule has 5 nitrogen and oxygen atoms in total. The molecular weight excluding hydrogens is 270 g/mol. The smallest absolute Gasteiger partial charge is 0.252 e. The molecule has 3 rings (SSSR count). The molecule has 0 radical (unpaired) electrons. The van der Waals surface area contributed by atoms with Crippen molar-refractivity contribution in [2.24, 2.45) is 11.8 Å². The second kappa shape index (κ2) is 4.77. The van der Waals surface area contributed by atoms with E-state index in [0.717, 1.165) is 0 Å². The van der Waals surface area contributed by atoms with E-state index in [1.807, 2.05) is 0 Å². The van der Waals surface area contributed by atoms with E-state index in [2.05, 4.69) is 5.32 Å². The molecule has 1 saturated heterocycles. The van der Waals surface area contributed by atoms with E-state index in [0.29, 0.717) is 5.56 Å². The maximum absolute atomic E-state index is 12.6. The van der Waals surface area contributed by atoms with Gasteiger partial charge in [0.2, 0.25) is 0 Å². The Morgan fingerprint density at radius 2 is 1.95 bits per heavy atom. The van der Waals surface area contributed by atoms with Gasteiger partial charge < -0.3 is 10.4 Å². The summed E-state index contributed by atoms with van der Waals surface area (Å²) in [6.45, 7) is 1.68. The van der Waals surface area contributed by atoms with Crippen molar-refractivity contribution in [3.63, 3.8) is 0 Å². The van der Waals surface area contributed by atoms with Crippen LogP contribution in [0.4, 0.5) is 0 Å². The van der Waals surface area contributed by atoms with E-state index >= 15 is 0 Å². The van der Waals surface area contributed by atoms with Crippen LogP contribution in [0.25, 0.3) is 0 Å².